The molecule has 0 saturated heterocycles. The van der Waals surface area contributed by atoms with E-state index >= 15 is 0 Å². The summed E-state index contributed by atoms with van der Waals surface area (Å²) in [6.45, 7) is 1.44. The standard InChI is InChI=1S/C20H17Cl2N3O5/c1-2-29-19(27)16-14(10-30-18(26)12-5-8-15(22)23-9-12)24-20(28)25-17(16)11-3-6-13(21)7-4-11/h3-9,17H,2,10H2,1H3,(H2,24,25,28). The summed E-state index contributed by atoms with van der Waals surface area (Å²) < 4.78 is 10.4. The first-order valence-corrected chi connectivity index (χ1v) is 9.66. The monoisotopic (exact) mass is 449 g/mol. The van der Waals surface area contributed by atoms with Gasteiger partial charge in [-0.25, -0.2) is 19.4 Å². The van der Waals surface area contributed by atoms with Crippen LogP contribution in [0.2, 0.25) is 10.2 Å². The maximum atomic E-state index is 12.7. The molecule has 1 aliphatic heterocycles. The minimum Gasteiger partial charge on any atom is -0.463 e. The Morgan fingerprint density at radius 1 is 1.07 bits per heavy atom. The van der Waals surface area contributed by atoms with E-state index in [9.17, 15) is 14.4 Å². The van der Waals surface area contributed by atoms with Gasteiger partial charge in [-0.05, 0) is 36.8 Å². The largest absolute Gasteiger partial charge is 0.463 e. The lowest BCUT2D eigenvalue weighted by Gasteiger charge is -2.29. The van der Waals surface area contributed by atoms with Gasteiger partial charge in [0.2, 0.25) is 0 Å². The Bertz CT molecular complexity index is 991. The maximum absolute atomic E-state index is 12.7. The molecule has 1 unspecified atom stereocenters. The molecule has 0 saturated carbocycles. The van der Waals surface area contributed by atoms with Gasteiger partial charge in [0.05, 0.1) is 29.5 Å². The van der Waals surface area contributed by atoms with Gasteiger partial charge in [0.15, 0.2) is 0 Å². The quantitative estimate of drug-likeness (QED) is 0.516. The van der Waals surface area contributed by atoms with Crippen LogP contribution in [-0.2, 0) is 14.3 Å². The van der Waals surface area contributed by atoms with E-state index in [1.54, 1.807) is 31.2 Å². The average molecular weight is 450 g/mol. The second-order valence-corrected chi connectivity index (χ2v) is 6.97. The number of ether oxygens (including phenoxy) is 2. The number of amides is 2. The number of nitrogens with one attached hydrogen (secondary N) is 2. The fourth-order valence-corrected chi connectivity index (χ4v) is 3.04. The van der Waals surface area contributed by atoms with E-state index in [1.807, 2.05) is 0 Å². The molecule has 2 amide bonds. The summed E-state index contributed by atoms with van der Waals surface area (Å²) in [5.41, 5.74) is 1.03. The second-order valence-electron chi connectivity index (χ2n) is 6.14. The zero-order valence-electron chi connectivity index (χ0n) is 15.8. The highest BCUT2D eigenvalue weighted by atomic mass is 35.5. The fourth-order valence-electron chi connectivity index (χ4n) is 2.80. The van der Waals surface area contributed by atoms with E-state index in [4.69, 9.17) is 32.7 Å². The lowest BCUT2D eigenvalue weighted by atomic mass is 9.95. The summed E-state index contributed by atoms with van der Waals surface area (Å²) in [5.74, 6) is -1.34. The van der Waals surface area contributed by atoms with Crippen LogP contribution in [0.3, 0.4) is 0 Å². The van der Waals surface area contributed by atoms with Crippen molar-refractivity contribution in [3.63, 3.8) is 0 Å². The van der Waals surface area contributed by atoms with Crippen LogP contribution in [0.15, 0.2) is 53.9 Å². The predicted octanol–water partition coefficient (Wildman–Crippen LogP) is 3.42. The Balaban J connectivity index is 1.91. The third-order valence-corrected chi connectivity index (χ3v) is 4.64. The number of carbonyl (C=O) groups is 3. The van der Waals surface area contributed by atoms with Crippen LogP contribution in [0.1, 0.15) is 28.9 Å². The van der Waals surface area contributed by atoms with Crippen LogP contribution in [-0.4, -0.2) is 36.2 Å². The highest BCUT2D eigenvalue weighted by Gasteiger charge is 2.34. The van der Waals surface area contributed by atoms with E-state index < -0.39 is 24.0 Å². The number of benzene rings is 1. The molecule has 30 heavy (non-hydrogen) atoms. The molecular formula is C20H17Cl2N3O5. The summed E-state index contributed by atoms with van der Waals surface area (Å²) in [7, 11) is 0. The molecule has 1 aliphatic rings. The van der Waals surface area contributed by atoms with Gasteiger partial charge in [0.1, 0.15) is 11.8 Å². The molecule has 0 spiro atoms. The first kappa shape index (κ1) is 21.6. The van der Waals surface area contributed by atoms with Crippen molar-refractivity contribution >= 4 is 41.2 Å². The summed E-state index contributed by atoms with van der Waals surface area (Å²) in [6, 6.07) is 8.19. The van der Waals surface area contributed by atoms with Crippen LogP contribution in [0.4, 0.5) is 4.79 Å². The highest BCUT2D eigenvalue weighted by molar-refractivity contribution is 6.30. The molecule has 10 heteroatoms. The van der Waals surface area contributed by atoms with Gasteiger partial charge in [-0.3, -0.25) is 0 Å². The predicted molar refractivity (Wildman–Crippen MR) is 109 cm³/mol. The molecule has 0 fully saturated rings. The third-order valence-electron chi connectivity index (χ3n) is 4.16. The van der Waals surface area contributed by atoms with Crippen LogP contribution < -0.4 is 10.6 Å². The number of halogens is 2. The minimum atomic E-state index is -0.805. The van der Waals surface area contributed by atoms with Gasteiger partial charge in [-0.2, -0.15) is 0 Å². The number of aromatic nitrogens is 1. The van der Waals surface area contributed by atoms with Crippen LogP contribution in [0.25, 0.3) is 0 Å². The Morgan fingerprint density at radius 3 is 2.43 bits per heavy atom. The molecule has 1 aromatic carbocycles. The first-order chi connectivity index (χ1) is 14.4. The molecule has 156 valence electrons. The summed E-state index contributed by atoms with van der Waals surface area (Å²) in [5, 5.41) is 5.94. The van der Waals surface area contributed by atoms with Gasteiger partial charge < -0.3 is 20.1 Å². The normalized spacial score (nSPS) is 15.8. The van der Waals surface area contributed by atoms with Crippen molar-refractivity contribution < 1.29 is 23.9 Å². The van der Waals surface area contributed by atoms with Gasteiger partial charge >= 0.3 is 18.0 Å². The number of hydrogen-bond donors (Lipinski definition) is 2. The zero-order valence-corrected chi connectivity index (χ0v) is 17.3. The van der Waals surface area contributed by atoms with E-state index in [2.05, 4.69) is 15.6 Å². The number of urea groups is 1. The number of rotatable bonds is 6. The smallest absolute Gasteiger partial charge is 0.340 e. The van der Waals surface area contributed by atoms with Crippen molar-refractivity contribution in [2.24, 2.45) is 0 Å². The van der Waals surface area contributed by atoms with Gasteiger partial charge in [0.25, 0.3) is 0 Å². The van der Waals surface area contributed by atoms with E-state index in [0.717, 1.165) is 0 Å². The molecule has 1 atom stereocenters. The van der Waals surface area contributed by atoms with Gasteiger partial charge in [-0.1, -0.05) is 35.3 Å². The van der Waals surface area contributed by atoms with Crippen molar-refractivity contribution in [3.8, 4) is 0 Å². The number of hydrogen-bond acceptors (Lipinski definition) is 6. The Kier molecular flexibility index (Phi) is 6.91. The number of pyridine rings is 1. The SMILES string of the molecule is CCOC(=O)C1=C(COC(=O)c2ccc(Cl)nc2)NC(=O)NC1c1ccc(Cl)cc1. The molecule has 2 heterocycles. The second kappa shape index (κ2) is 9.60. The van der Waals surface area contributed by atoms with Crippen LogP contribution in [0, 0.1) is 0 Å². The zero-order chi connectivity index (χ0) is 21.7. The number of esters is 2. The molecule has 0 aliphatic carbocycles. The summed E-state index contributed by atoms with van der Waals surface area (Å²) in [6.07, 6.45) is 1.27. The van der Waals surface area contributed by atoms with Crippen molar-refractivity contribution in [2.75, 3.05) is 13.2 Å². The van der Waals surface area contributed by atoms with Crippen molar-refractivity contribution in [2.45, 2.75) is 13.0 Å². The van der Waals surface area contributed by atoms with Crippen molar-refractivity contribution in [3.05, 3.63) is 75.2 Å². The van der Waals surface area contributed by atoms with Crippen molar-refractivity contribution in [1.29, 1.82) is 0 Å². The molecule has 3 rings (SSSR count). The molecule has 1 aromatic heterocycles. The van der Waals surface area contributed by atoms with Crippen LogP contribution in [0.5, 0.6) is 0 Å². The fraction of sp³-hybridized carbons (Fsp3) is 0.200. The van der Waals surface area contributed by atoms with E-state index in [1.165, 1.54) is 18.3 Å². The van der Waals surface area contributed by atoms with Gasteiger partial charge in [-0.15, -0.1) is 0 Å². The van der Waals surface area contributed by atoms with E-state index in [-0.39, 0.29) is 35.2 Å². The van der Waals surface area contributed by atoms with E-state index in [0.29, 0.717) is 10.6 Å². The summed E-state index contributed by atoms with van der Waals surface area (Å²) >= 11 is 11.6. The molecule has 0 radical (unpaired) electrons. The lowest BCUT2D eigenvalue weighted by molar-refractivity contribution is -0.139. The highest BCUT2D eigenvalue weighted by Crippen LogP contribution is 2.29. The molecule has 2 aromatic rings. The van der Waals surface area contributed by atoms with Crippen molar-refractivity contribution in [1.82, 2.24) is 15.6 Å². The Morgan fingerprint density at radius 2 is 1.80 bits per heavy atom. The lowest BCUT2D eigenvalue weighted by Crippen LogP contribution is -2.47. The Labute approximate surface area is 182 Å². The third kappa shape index (κ3) is 5.08. The molecule has 8 nitrogen and oxygen atoms in total. The Hall–Kier alpha value is -3.10. The number of nitrogens with zero attached hydrogens (tertiary/aromatic N) is 1. The average Bonchev–Trinajstić information content (AvgIpc) is 2.72. The first-order valence-electron chi connectivity index (χ1n) is 8.91. The summed E-state index contributed by atoms with van der Waals surface area (Å²) in [4.78, 5) is 41.0. The maximum Gasteiger partial charge on any atom is 0.340 e. The number of carbonyl (C=O) groups excluding carboxylic acids is 3. The minimum absolute atomic E-state index is 0.118. The molecule has 2 N–H and O–H groups in total. The molecule has 0 bridgehead atoms. The van der Waals surface area contributed by atoms with Crippen LogP contribution >= 0.6 is 23.2 Å². The molecular weight excluding hydrogens is 433 g/mol. The topological polar surface area (TPSA) is 107 Å². The van der Waals surface area contributed by atoms with Gasteiger partial charge in [0, 0.05) is 11.2 Å².